The minimum absolute atomic E-state index is 0.158. The molecule has 5 heteroatoms. The van der Waals surface area contributed by atoms with Gasteiger partial charge in [-0.1, -0.05) is 0 Å². The lowest BCUT2D eigenvalue weighted by Gasteiger charge is -2.43. The zero-order valence-corrected chi connectivity index (χ0v) is 10.8. The number of hydrogen-bond donors (Lipinski definition) is 2. The van der Waals surface area contributed by atoms with E-state index in [0.717, 1.165) is 32.4 Å². The summed E-state index contributed by atoms with van der Waals surface area (Å²) in [5, 5.41) is 3.43. The van der Waals surface area contributed by atoms with Crippen LogP contribution < -0.4 is 11.1 Å². The van der Waals surface area contributed by atoms with Crippen molar-refractivity contribution in [2.24, 2.45) is 5.73 Å². The summed E-state index contributed by atoms with van der Waals surface area (Å²) < 4.78 is 10.9. The average Bonchev–Trinajstić information content (AvgIpc) is 2.26. The number of primary amides is 1. The van der Waals surface area contributed by atoms with E-state index in [-0.39, 0.29) is 18.1 Å². The van der Waals surface area contributed by atoms with Crippen LogP contribution >= 0.6 is 0 Å². The Hall–Kier alpha value is -0.650. The van der Waals surface area contributed by atoms with Gasteiger partial charge in [0.2, 0.25) is 5.91 Å². The first-order valence-electron chi connectivity index (χ1n) is 6.35. The molecule has 3 atom stereocenters. The third kappa shape index (κ3) is 4.61. The van der Waals surface area contributed by atoms with Gasteiger partial charge in [-0.3, -0.25) is 4.79 Å². The fourth-order valence-corrected chi connectivity index (χ4v) is 2.19. The van der Waals surface area contributed by atoms with Crippen LogP contribution in [0.4, 0.5) is 0 Å². The minimum Gasteiger partial charge on any atom is -0.377 e. The summed E-state index contributed by atoms with van der Waals surface area (Å²) in [6.07, 6.45) is 3.68. The van der Waals surface area contributed by atoms with Crippen LogP contribution in [-0.4, -0.2) is 44.4 Å². The Morgan fingerprint density at radius 2 is 2.24 bits per heavy atom. The molecule has 1 amide bonds. The monoisotopic (exact) mass is 244 g/mol. The average molecular weight is 244 g/mol. The molecule has 0 radical (unpaired) electrons. The van der Waals surface area contributed by atoms with Gasteiger partial charge >= 0.3 is 0 Å². The standard InChI is InChI=1S/C12H24N2O3/c1-3-17-10-8-9(12(10)16-2)14-7-5-4-6-11(13)15/h9-10,12,14H,3-8H2,1-2H3,(H2,13,15). The van der Waals surface area contributed by atoms with Gasteiger partial charge in [-0.05, 0) is 32.7 Å². The molecule has 1 fully saturated rings. The Balaban J connectivity index is 2.06. The van der Waals surface area contributed by atoms with Crippen molar-refractivity contribution in [2.75, 3.05) is 20.3 Å². The van der Waals surface area contributed by atoms with Crippen LogP contribution in [0.2, 0.25) is 0 Å². The second-order valence-corrected chi connectivity index (χ2v) is 4.41. The van der Waals surface area contributed by atoms with E-state index in [0.29, 0.717) is 12.5 Å². The van der Waals surface area contributed by atoms with Crippen molar-refractivity contribution in [3.63, 3.8) is 0 Å². The van der Waals surface area contributed by atoms with Gasteiger partial charge in [0, 0.05) is 26.2 Å². The molecule has 1 aliphatic carbocycles. The first-order valence-corrected chi connectivity index (χ1v) is 6.35. The van der Waals surface area contributed by atoms with Crippen LogP contribution in [-0.2, 0) is 14.3 Å². The van der Waals surface area contributed by atoms with Crippen LogP contribution in [0.1, 0.15) is 32.6 Å². The van der Waals surface area contributed by atoms with Crippen LogP contribution in [0.25, 0.3) is 0 Å². The van der Waals surface area contributed by atoms with E-state index in [1.54, 1.807) is 7.11 Å². The topological polar surface area (TPSA) is 73.6 Å². The molecule has 5 nitrogen and oxygen atoms in total. The summed E-state index contributed by atoms with van der Waals surface area (Å²) in [6.45, 7) is 3.63. The van der Waals surface area contributed by atoms with E-state index in [9.17, 15) is 4.79 Å². The highest BCUT2D eigenvalue weighted by molar-refractivity contribution is 5.73. The molecule has 1 aliphatic rings. The number of unbranched alkanes of at least 4 members (excludes halogenated alkanes) is 1. The molecule has 1 saturated carbocycles. The highest BCUT2D eigenvalue weighted by Crippen LogP contribution is 2.26. The maximum atomic E-state index is 10.5. The zero-order chi connectivity index (χ0) is 12.7. The number of carbonyl (C=O) groups is 1. The molecule has 17 heavy (non-hydrogen) atoms. The molecule has 1 rings (SSSR count). The summed E-state index contributed by atoms with van der Waals surface area (Å²) in [6, 6.07) is 0.380. The number of nitrogens with one attached hydrogen (secondary N) is 1. The van der Waals surface area contributed by atoms with Crippen molar-refractivity contribution in [2.45, 2.75) is 50.9 Å². The van der Waals surface area contributed by atoms with Crippen molar-refractivity contribution in [1.29, 1.82) is 0 Å². The van der Waals surface area contributed by atoms with Crippen molar-refractivity contribution in [1.82, 2.24) is 5.32 Å². The number of rotatable bonds is 9. The van der Waals surface area contributed by atoms with E-state index in [4.69, 9.17) is 15.2 Å². The minimum atomic E-state index is -0.222. The molecule has 0 heterocycles. The quantitative estimate of drug-likeness (QED) is 0.577. The van der Waals surface area contributed by atoms with Crippen molar-refractivity contribution < 1.29 is 14.3 Å². The van der Waals surface area contributed by atoms with Gasteiger partial charge in [0.15, 0.2) is 0 Å². The first-order chi connectivity index (χ1) is 8.19. The summed E-state index contributed by atoms with van der Waals surface area (Å²) in [7, 11) is 1.72. The Bertz CT molecular complexity index is 236. The highest BCUT2D eigenvalue weighted by Gasteiger charge is 2.41. The van der Waals surface area contributed by atoms with Gasteiger partial charge in [-0.2, -0.15) is 0 Å². The number of carbonyl (C=O) groups excluding carboxylic acids is 1. The molecular formula is C12H24N2O3. The van der Waals surface area contributed by atoms with Crippen LogP contribution in [0.15, 0.2) is 0 Å². The molecular weight excluding hydrogens is 220 g/mol. The molecule has 100 valence electrons. The summed E-state index contributed by atoms with van der Waals surface area (Å²) in [5.41, 5.74) is 5.07. The second-order valence-electron chi connectivity index (χ2n) is 4.41. The second kappa shape index (κ2) is 7.63. The van der Waals surface area contributed by atoms with Gasteiger partial charge in [-0.15, -0.1) is 0 Å². The van der Waals surface area contributed by atoms with Crippen LogP contribution in [0.5, 0.6) is 0 Å². The zero-order valence-electron chi connectivity index (χ0n) is 10.8. The number of nitrogens with two attached hydrogens (primary N) is 1. The third-order valence-corrected chi connectivity index (χ3v) is 3.16. The lowest BCUT2D eigenvalue weighted by Crippen LogP contribution is -2.59. The first kappa shape index (κ1) is 14.4. The largest absolute Gasteiger partial charge is 0.377 e. The van der Waals surface area contributed by atoms with Crippen molar-refractivity contribution in [3.8, 4) is 0 Å². The summed E-state index contributed by atoms with van der Waals surface area (Å²) in [5.74, 6) is -0.222. The lowest BCUT2D eigenvalue weighted by molar-refractivity contribution is -0.131. The Kier molecular flexibility index (Phi) is 6.47. The van der Waals surface area contributed by atoms with Crippen LogP contribution in [0.3, 0.4) is 0 Å². The molecule has 3 N–H and O–H groups in total. The van der Waals surface area contributed by atoms with Crippen molar-refractivity contribution >= 4 is 5.91 Å². The lowest BCUT2D eigenvalue weighted by atomic mass is 9.85. The normalized spacial score (nSPS) is 27.8. The van der Waals surface area contributed by atoms with E-state index in [1.165, 1.54) is 0 Å². The van der Waals surface area contributed by atoms with Crippen LogP contribution in [0, 0.1) is 0 Å². The summed E-state index contributed by atoms with van der Waals surface area (Å²) in [4.78, 5) is 10.5. The highest BCUT2D eigenvalue weighted by atomic mass is 16.5. The maximum absolute atomic E-state index is 10.5. The fourth-order valence-electron chi connectivity index (χ4n) is 2.19. The third-order valence-electron chi connectivity index (χ3n) is 3.16. The van der Waals surface area contributed by atoms with E-state index in [1.807, 2.05) is 6.92 Å². The molecule has 0 aromatic carbocycles. The number of hydrogen-bond acceptors (Lipinski definition) is 4. The van der Waals surface area contributed by atoms with E-state index < -0.39 is 0 Å². The number of ether oxygens (including phenoxy) is 2. The fraction of sp³-hybridized carbons (Fsp3) is 0.917. The van der Waals surface area contributed by atoms with E-state index in [2.05, 4.69) is 5.32 Å². The molecule has 0 bridgehead atoms. The number of amides is 1. The summed E-state index contributed by atoms with van der Waals surface area (Å²) >= 11 is 0. The molecule has 0 aromatic rings. The van der Waals surface area contributed by atoms with Gasteiger partial charge < -0.3 is 20.5 Å². The van der Waals surface area contributed by atoms with Gasteiger partial charge in [0.25, 0.3) is 0 Å². The Morgan fingerprint density at radius 3 is 2.82 bits per heavy atom. The Labute approximate surface area is 103 Å². The predicted octanol–water partition coefficient (Wildman–Crippen LogP) is 0.424. The Morgan fingerprint density at radius 1 is 1.47 bits per heavy atom. The van der Waals surface area contributed by atoms with Crippen molar-refractivity contribution in [3.05, 3.63) is 0 Å². The van der Waals surface area contributed by atoms with Gasteiger partial charge in [0.1, 0.15) is 0 Å². The SMILES string of the molecule is CCOC1CC(NCCCCC(N)=O)C1OC. The molecule has 0 aliphatic heterocycles. The molecule has 0 aromatic heterocycles. The number of methoxy groups -OCH3 is 1. The maximum Gasteiger partial charge on any atom is 0.217 e. The van der Waals surface area contributed by atoms with E-state index >= 15 is 0 Å². The molecule has 0 saturated heterocycles. The van der Waals surface area contributed by atoms with Gasteiger partial charge in [0.05, 0.1) is 12.2 Å². The predicted molar refractivity (Wildman–Crippen MR) is 65.7 cm³/mol. The smallest absolute Gasteiger partial charge is 0.217 e. The molecule has 0 spiro atoms. The van der Waals surface area contributed by atoms with Gasteiger partial charge in [-0.25, -0.2) is 0 Å². The molecule has 3 unspecified atom stereocenters.